The normalized spacial score (nSPS) is 11.0. The van der Waals surface area contributed by atoms with Crippen LogP contribution in [0.2, 0.25) is 5.02 Å². The topological polar surface area (TPSA) is 63.9 Å². The third-order valence-corrected chi connectivity index (χ3v) is 7.21. The highest BCUT2D eigenvalue weighted by atomic mass is 35.5. The lowest BCUT2D eigenvalue weighted by molar-refractivity contribution is -0.115. The average molecular weight is 484 g/mol. The highest BCUT2D eigenvalue weighted by Crippen LogP contribution is 2.32. The molecule has 0 saturated heterocycles. The maximum absolute atomic E-state index is 12.4. The smallest absolute Gasteiger partial charge is 0.230 e. The molecular formula is C23H22ClN5OS2. The summed E-state index contributed by atoms with van der Waals surface area (Å²) >= 11 is 9.26. The van der Waals surface area contributed by atoms with Crippen molar-refractivity contribution < 1.29 is 4.79 Å². The lowest BCUT2D eigenvalue weighted by atomic mass is 10.1. The minimum absolute atomic E-state index is 0.0706. The molecule has 0 fully saturated rings. The predicted molar refractivity (Wildman–Crippen MR) is 131 cm³/mol. The Balaban J connectivity index is 1.50. The van der Waals surface area contributed by atoms with Gasteiger partial charge >= 0.3 is 0 Å². The van der Waals surface area contributed by atoms with Gasteiger partial charge in [-0.15, -0.1) is 21.5 Å². The lowest BCUT2D eigenvalue weighted by Crippen LogP contribution is -2.22. The molecule has 0 aliphatic heterocycles. The van der Waals surface area contributed by atoms with E-state index in [1.165, 1.54) is 28.7 Å². The second kappa shape index (κ2) is 9.85. The van der Waals surface area contributed by atoms with E-state index in [0.717, 1.165) is 34.2 Å². The number of hydrogen-bond donors (Lipinski definition) is 0. The van der Waals surface area contributed by atoms with Crippen molar-refractivity contribution in [1.29, 1.82) is 0 Å². The number of nitrogens with zero attached hydrogens (tertiary/aromatic N) is 5. The van der Waals surface area contributed by atoms with Crippen LogP contribution in [-0.4, -0.2) is 25.7 Å². The number of carbonyl (C=O) groups is 1. The maximum Gasteiger partial charge on any atom is 0.230 e. The molecule has 4 rings (SSSR count). The first-order valence-corrected chi connectivity index (χ1v) is 12.3. The van der Waals surface area contributed by atoms with Crippen LogP contribution in [0.1, 0.15) is 30.7 Å². The summed E-state index contributed by atoms with van der Waals surface area (Å²) in [5, 5.41) is 12.4. The Morgan fingerprint density at radius 2 is 2.00 bits per heavy atom. The van der Waals surface area contributed by atoms with Gasteiger partial charge in [0, 0.05) is 23.1 Å². The van der Waals surface area contributed by atoms with E-state index in [9.17, 15) is 4.79 Å². The molecule has 0 radical (unpaired) electrons. The number of aromatic nitrogens is 4. The van der Waals surface area contributed by atoms with Gasteiger partial charge in [0.05, 0.1) is 17.1 Å². The Kier molecular flexibility index (Phi) is 6.93. The molecule has 0 atom stereocenters. The van der Waals surface area contributed by atoms with Gasteiger partial charge in [-0.1, -0.05) is 48.5 Å². The first kappa shape index (κ1) is 22.5. The molecule has 2 aromatic heterocycles. The van der Waals surface area contributed by atoms with Gasteiger partial charge in [-0.05, 0) is 48.7 Å². The van der Waals surface area contributed by atoms with Crippen molar-refractivity contribution in [2.24, 2.45) is 0 Å². The average Bonchev–Trinajstić information content (AvgIpc) is 3.44. The molecule has 32 heavy (non-hydrogen) atoms. The summed E-state index contributed by atoms with van der Waals surface area (Å²) in [6, 6.07) is 13.9. The van der Waals surface area contributed by atoms with E-state index in [2.05, 4.69) is 17.1 Å². The molecule has 0 saturated carbocycles. The number of thiazole rings is 1. The predicted octanol–water partition coefficient (Wildman–Crippen LogP) is 6.22. The van der Waals surface area contributed by atoms with E-state index >= 15 is 0 Å². The van der Waals surface area contributed by atoms with Crippen LogP contribution in [0, 0.1) is 6.92 Å². The van der Waals surface area contributed by atoms with Gasteiger partial charge in [-0.2, -0.15) is 0 Å². The Hall–Kier alpha value is -2.68. The summed E-state index contributed by atoms with van der Waals surface area (Å²) in [6.07, 6.45) is 2.63. The Labute approximate surface area is 200 Å². The van der Waals surface area contributed by atoms with Crippen molar-refractivity contribution in [2.45, 2.75) is 38.1 Å². The first-order valence-electron chi connectivity index (χ1n) is 10.1. The van der Waals surface area contributed by atoms with Crippen LogP contribution in [0.25, 0.3) is 5.69 Å². The first-order chi connectivity index (χ1) is 15.5. The number of halogens is 1. The van der Waals surface area contributed by atoms with Crippen LogP contribution in [0.5, 0.6) is 0 Å². The zero-order valence-corrected chi connectivity index (χ0v) is 20.3. The molecule has 0 spiro atoms. The third-order valence-electron chi connectivity index (χ3n) is 4.95. The molecule has 9 heteroatoms. The zero-order chi connectivity index (χ0) is 22.7. The molecule has 0 N–H and O–H groups in total. The van der Waals surface area contributed by atoms with Crippen LogP contribution in [-0.2, 0) is 17.0 Å². The van der Waals surface area contributed by atoms with Crippen LogP contribution in [0.4, 0.5) is 10.8 Å². The standard InChI is InChI=1S/C23H22ClN5OS2/c1-4-17-6-9-19(10-7-17)29(16(3)30)22-26-18(12-31-22)13-32-23-27-25-14-28(23)20-8-5-15(2)21(24)11-20/h5-12,14H,4,13H2,1-3H3. The lowest BCUT2D eigenvalue weighted by Gasteiger charge is -2.18. The largest absolute Gasteiger partial charge is 0.277 e. The number of benzene rings is 2. The summed E-state index contributed by atoms with van der Waals surface area (Å²) in [5.41, 5.74) is 4.85. The van der Waals surface area contributed by atoms with Crippen LogP contribution in [0.15, 0.2) is 59.3 Å². The van der Waals surface area contributed by atoms with Gasteiger partial charge < -0.3 is 0 Å². The highest BCUT2D eigenvalue weighted by molar-refractivity contribution is 7.98. The second-order valence-corrected chi connectivity index (χ2v) is 9.39. The second-order valence-electron chi connectivity index (χ2n) is 7.20. The quantitative estimate of drug-likeness (QED) is 0.292. The molecule has 0 aliphatic carbocycles. The van der Waals surface area contributed by atoms with Gasteiger partial charge in [-0.3, -0.25) is 14.3 Å². The maximum atomic E-state index is 12.4. The summed E-state index contributed by atoms with van der Waals surface area (Å²) in [5.74, 6) is 0.536. The molecule has 1 amide bonds. The van der Waals surface area contributed by atoms with Gasteiger partial charge in [0.25, 0.3) is 0 Å². The minimum Gasteiger partial charge on any atom is -0.277 e. The fourth-order valence-electron chi connectivity index (χ4n) is 3.14. The van der Waals surface area contributed by atoms with Crippen LogP contribution in [0.3, 0.4) is 0 Å². The fraction of sp³-hybridized carbons (Fsp3) is 0.217. The number of aryl methyl sites for hydroxylation is 2. The fourth-order valence-corrected chi connectivity index (χ4v) is 5.13. The molecular weight excluding hydrogens is 462 g/mol. The molecule has 0 unspecified atom stereocenters. The number of amides is 1. The third kappa shape index (κ3) is 4.87. The van der Waals surface area contributed by atoms with Gasteiger partial charge in [-0.25, -0.2) is 4.98 Å². The SMILES string of the molecule is CCc1ccc(N(C(C)=O)c2nc(CSc3nncn3-c3ccc(C)c(Cl)c3)cs2)cc1. The Morgan fingerprint density at radius 1 is 1.22 bits per heavy atom. The van der Waals surface area contributed by atoms with Crippen molar-refractivity contribution in [3.05, 3.63) is 76.0 Å². The van der Waals surface area contributed by atoms with E-state index in [4.69, 9.17) is 16.6 Å². The number of anilines is 2. The van der Waals surface area contributed by atoms with Crippen molar-refractivity contribution >= 4 is 51.4 Å². The van der Waals surface area contributed by atoms with Crippen molar-refractivity contribution in [3.63, 3.8) is 0 Å². The monoisotopic (exact) mass is 483 g/mol. The molecule has 0 aliphatic rings. The molecule has 2 aromatic carbocycles. The number of thioether (sulfide) groups is 1. The van der Waals surface area contributed by atoms with E-state index in [1.807, 2.05) is 59.3 Å². The van der Waals surface area contributed by atoms with Crippen molar-refractivity contribution in [1.82, 2.24) is 19.7 Å². The summed E-state index contributed by atoms with van der Waals surface area (Å²) in [4.78, 5) is 18.7. The number of rotatable bonds is 7. The van der Waals surface area contributed by atoms with Crippen molar-refractivity contribution in [3.8, 4) is 5.69 Å². The van der Waals surface area contributed by atoms with Crippen LogP contribution >= 0.6 is 34.7 Å². The van der Waals surface area contributed by atoms with Gasteiger partial charge in [0.1, 0.15) is 6.33 Å². The van der Waals surface area contributed by atoms with E-state index < -0.39 is 0 Å². The Morgan fingerprint density at radius 3 is 2.69 bits per heavy atom. The Bertz CT molecular complexity index is 1240. The molecule has 0 bridgehead atoms. The molecule has 4 aromatic rings. The van der Waals surface area contributed by atoms with Gasteiger partial charge in [0.15, 0.2) is 10.3 Å². The van der Waals surface area contributed by atoms with Crippen LogP contribution < -0.4 is 4.90 Å². The zero-order valence-electron chi connectivity index (χ0n) is 17.9. The number of carbonyl (C=O) groups excluding carboxylic acids is 1. The summed E-state index contributed by atoms with van der Waals surface area (Å²) in [6.45, 7) is 5.63. The number of hydrogen-bond acceptors (Lipinski definition) is 6. The minimum atomic E-state index is -0.0706. The van der Waals surface area contributed by atoms with E-state index in [0.29, 0.717) is 15.9 Å². The van der Waals surface area contributed by atoms with E-state index in [1.54, 1.807) is 18.2 Å². The molecule has 164 valence electrons. The highest BCUT2D eigenvalue weighted by Gasteiger charge is 2.18. The van der Waals surface area contributed by atoms with E-state index in [-0.39, 0.29) is 5.91 Å². The molecule has 2 heterocycles. The molecule has 6 nitrogen and oxygen atoms in total. The summed E-state index contributed by atoms with van der Waals surface area (Å²) < 4.78 is 1.90. The van der Waals surface area contributed by atoms with Crippen molar-refractivity contribution in [2.75, 3.05) is 4.90 Å². The van der Waals surface area contributed by atoms with Gasteiger partial charge in [0.2, 0.25) is 5.91 Å². The summed E-state index contributed by atoms with van der Waals surface area (Å²) in [7, 11) is 0.